The van der Waals surface area contributed by atoms with Gasteiger partial charge >= 0.3 is 12.0 Å². The number of hydrogen-bond donors (Lipinski definition) is 2. The number of nitrogens with zero attached hydrogens (tertiary/aromatic N) is 2. The maximum Gasteiger partial charge on any atom is 0.420 e. The zero-order valence-electron chi connectivity index (χ0n) is 32.5. The van der Waals surface area contributed by atoms with Crippen molar-refractivity contribution in [3.63, 3.8) is 0 Å². The molecule has 284 valence electrons. The summed E-state index contributed by atoms with van der Waals surface area (Å²) in [5, 5.41) is 10.1. The van der Waals surface area contributed by atoms with Gasteiger partial charge < -0.3 is 10.8 Å². The molecule has 3 N–H and O–H groups in total. The van der Waals surface area contributed by atoms with E-state index in [1.165, 1.54) is 141 Å². The number of carbonyl (C=O) groups excluding carboxylic acids is 1. The van der Waals surface area contributed by atoms with Crippen LogP contribution in [0.25, 0.3) is 0 Å². The molecular weight excluding hydrogens is 606 g/mol. The number of amides is 2. The van der Waals surface area contributed by atoms with Gasteiger partial charge in [-0.25, -0.2) is 9.79 Å². The molecule has 0 bridgehead atoms. The zero-order chi connectivity index (χ0) is 35.7. The van der Waals surface area contributed by atoms with Crippen molar-refractivity contribution in [1.82, 2.24) is 0 Å². The number of carboxylic acid groups (broad SMARTS) is 1. The Morgan fingerprint density at radius 1 is 0.612 bits per heavy atom. The summed E-state index contributed by atoms with van der Waals surface area (Å²) in [6.07, 6.45) is 47.3. The van der Waals surface area contributed by atoms with Gasteiger partial charge in [0.15, 0.2) is 6.34 Å². The predicted molar refractivity (Wildman–Crippen MR) is 211 cm³/mol. The predicted octanol–water partition coefficient (Wildman–Crippen LogP) is 13.0. The SMILES string of the molecule is CCCCCCCC/C=C\CCCCCCCCC(CCCCCCCC/C=C\CCCCCCCC)(CC(=O)O)[N+]1(C(N)=O)C=NCC1. The van der Waals surface area contributed by atoms with Crippen molar-refractivity contribution in [2.75, 3.05) is 13.1 Å². The molecule has 1 aliphatic rings. The van der Waals surface area contributed by atoms with Crippen molar-refractivity contribution in [1.29, 1.82) is 0 Å². The van der Waals surface area contributed by atoms with Gasteiger partial charge in [0.2, 0.25) is 0 Å². The molecule has 6 heteroatoms. The highest BCUT2D eigenvalue weighted by Gasteiger charge is 2.56. The quantitative estimate of drug-likeness (QED) is 0.0395. The molecule has 0 fully saturated rings. The number of primary amides is 1. The molecule has 1 aliphatic heterocycles. The molecular formula is C43H80N3O3+. The Kier molecular flexibility index (Phi) is 28.4. The summed E-state index contributed by atoms with van der Waals surface area (Å²) < 4.78 is -0.0878. The second kappa shape index (κ2) is 30.8. The minimum Gasteiger partial charge on any atom is -0.481 e. The molecule has 0 saturated heterocycles. The fourth-order valence-electron chi connectivity index (χ4n) is 7.76. The van der Waals surface area contributed by atoms with E-state index in [1.54, 1.807) is 6.34 Å². The lowest BCUT2D eigenvalue weighted by atomic mass is 9.79. The maximum atomic E-state index is 13.0. The average Bonchev–Trinajstić information content (AvgIpc) is 3.60. The van der Waals surface area contributed by atoms with Crippen LogP contribution in [-0.2, 0) is 4.79 Å². The van der Waals surface area contributed by atoms with Gasteiger partial charge in [-0.3, -0.25) is 4.79 Å². The van der Waals surface area contributed by atoms with E-state index >= 15 is 0 Å². The molecule has 0 aromatic carbocycles. The Labute approximate surface area is 303 Å². The fraction of sp³-hybridized carbons (Fsp3) is 0.837. The zero-order valence-corrected chi connectivity index (χ0v) is 32.5. The van der Waals surface area contributed by atoms with Crippen molar-refractivity contribution in [3.05, 3.63) is 24.3 Å². The van der Waals surface area contributed by atoms with E-state index < -0.39 is 17.5 Å². The average molecular weight is 687 g/mol. The molecule has 0 aliphatic carbocycles. The molecule has 0 spiro atoms. The first-order valence-electron chi connectivity index (χ1n) is 21.1. The summed E-state index contributed by atoms with van der Waals surface area (Å²) in [4.78, 5) is 29.7. The van der Waals surface area contributed by atoms with Crippen molar-refractivity contribution < 1.29 is 19.2 Å². The van der Waals surface area contributed by atoms with Crippen molar-refractivity contribution in [2.45, 2.75) is 218 Å². The van der Waals surface area contributed by atoms with Crippen molar-refractivity contribution >= 4 is 18.3 Å². The maximum absolute atomic E-state index is 13.0. The second-order valence-electron chi connectivity index (χ2n) is 15.1. The van der Waals surface area contributed by atoms with Gasteiger partial charge in [0.05, 0.1) is 6.54 Å². The Morgan fingerprint density at radius 3 is 1.27 bits per heavy atom. The Morgan fingerprint density at radius 2 is 0.959 bits per heavy atom. The minimum atomic E-state index is -0.840. The summed E-state index contributed by atoms with van der Waals surface area (Å²) in [6, 6.07) is -0.448. The lowest BCUT2D eigenvalue weighted by Crippen LogP contribution is -2.68. The third-order valence-electron chi connectivity index (χ3n) is 10.9. The summed E-state index contributed by atoms with van der Waals surface area (Å²) in [7, 11) is 0. The first kappa shape index (κ1) is 45.1. The van der Waals surface area contributed by atoms with Crippen LogP contribution in [0.15, 0.2) is 29.3 Å². The largest absolute Gasteiger partial charge is 0.481 e. The van der Waals surface area contributed by atoms with Gasteiger partial charge in [-0.05, 0) is 64.2 Å². The molecule has 6 nitrogen and oxygen atoms in total. The molecule has 49 heavy (non-hydrogen) atoms. The van der Waals surface area contributed by atoms with Gasteiger partial charge in [0, 0.05) is 12.8 Å². The summed E-state index contributed by atoms with van der Waals surface area (Å²) in [5.41, 5.74) is 5.35. The number of aliphatic imine (C=N–C) groups is 1. The number of aliphatic carboxylic acids is 1. The van der Waals surface area contributed by atoms with Crippen LogP contribution in [0.4, 0.5) is 4.79 Å². The summed E-state index contributed by atoms with van der Waals surface area (Å²) in [6.45, 7) is 5.56. The Balaban J connectivity index is 2.40. The van der Waals surface area contributed by atoms with Crippen molar-refractivity contribution in [2.24, 2.45) is 10.7 Å². The van der Waals surface area contributed by atoms with E-state index in [2.05, 4.69) is 43.1 Å². The van der Waals surface area contributed by atoms with E-state index in [1.807, 2.05) is 0 Å². The number of nitrogens with two attached hydrogens (primary N) is 1. The third-order valence-corrected chi connectivity index (χ3v) is 10.9. The minimum absolute atomic E-state index is 0.0297. The molecule has 0 aromatic heterocycles. The van der Waals surface area contributed by atoms with Gasteiger partial charge in [0.1, 0.15) is 18.5 Å². The first-order chi connectivity index (χ1) is 23.9. The smallest absolute Gasteiger partial charge is 0.420 e. The van der Waals surface area contributed by atoms with Crippen LogP contribution in [-0.4, -0.2) is 46.6 Å². The molecule has 2 amide bonds. The highest BCUT2D eigenvalue weighted by atomic mass is 16.4. The number of carboxylic acids is 1. The van der Waals surface area contributed by atoms with Crippen LogP contribution < -0.4 is 5.73 Å². The summed E-state index contributed by atoms with van der Waals surface area (Å²) >= 11 is 0. The second-order valence-corrected chi connectivity index (χ2v) is 15.1. The Hall–Kier alpha value is -1.95. The van der Waals surface area contributed by atoms with Gasteiger partial charge in [-0.15, -0.1) is 0 Å². The number of hydrogen-bond acceptors (Lipinski definition) is 3. The lowest BCUT2D eigenvalue weighted by molar-refractivity contribution is -0.806. The summed E-state index contributed by atoms with van der Waals surface area (Å²) in [5.74, 6) is -0.840. The number of carbonyl (C=O) groups is 2. The molecule has 1 rings (SSSR count). The standard InChI is InChI=1S/C43H79N3O3/c1-3-5-7-9-11-13-15-17-19-21-23-25-27-29-31-33-35-43(39-41(47)48,46(42(44)49)38-37-45-40-46)36-34-32-30-28-26-24-22-20-18-16-14-12-10-8-6-4-2/h17-20,40H,3-16,21-39H2,1-2H3,(H2-,44,47,48,49)/p+1/b19-17-,20-18-. The number of quaternary nitrogens is 1. The van der Waals surface area contributed by atoms with E-state index in [0.717, 1.165) is 38.5 Å². The molecule has 0 aromatic rings. The number of unbranched alkanes of at least 4 members (excludes halogenated alkanes) is 24. The molecule has 1 unspecified atom stereocenters. The number of rotatable bonds is 35. The van der Waals surface area contributed by atoms with Gasteiger partial charge in [0.25, 0.3) is 0 Å². The van der Waals surface area contributed by atoms with E-state index in [9.17, 15) is 14.7 Å². The lowest BCUT2D eigenvalue weighted by Gasteiger charge is -2.45. The van der Waals surface area contributed by atoms with Gasteiger partial charge in [-0.1, -0.05) is 154 Å². The highest BCUT2D eigenvalue weighted by Crippen LogP contribution is 2.39. The van der Waals surface area contributed by atoms with Crippen LogP contribution >= 0.6 is 0 Å². The van der Waals surface area contributed by atoms with Crippen molar-refractivity contribution in [3.8, 4) is 0 Å². The van der Waals surface area contributed by atoms with E-state index in [4.69, 9.17) is 5.73 Å². The van der Waals surface area contributed by atoms with Crippen LogP contribution in [0.1, 0.15) is 213 Å². The monoisotopic (exact) mass is 687 g/mol. The van der Waals surface area contributed by atoms with E-state index in [0.29, 0.717) is 25.9 Å². The molecule has 1 heterocycles. The molecule has 0 radical (unpaired) electrons. The molecule has 0 saturated carbocycles. The normalized spacial score (nSPS) is 16.4. The third kappa shape index (κ3) is 21.1. The van der Waals surface area contributed by atoms with Crippen LogP contribution in [0.5, 0.6) is 0 Å². The van der Waals surface area contributed by atoms with Crippen LogP contribution in [0, 0.1) is 0 Å². The fourth-order valence-corrected chi connectivity index (χ4v) is 7.76. The number of urea groups is 1. The topological polar surface area (TPSA) is 92.7 Å². The highest BCUT2D eigenvalue weighted by molar-refractivity contribution is 5.77. The van der Waals surface area contributed by atoms with Crippen LogP contribution in [0.3, 0.4) is 0 Å². The molecule has 1 atom stereocenters. The van der Waals surface area contributed by atoms with Crippen LogP contribution in [0.2, 0.25) is 0 Å². The Bertz CT molecular complexity index is 857. The van der Waals surface area contributed by atoms with E-state index in [-0.39, 0.29) is 10.9 Å². The number of allylic oxidation sites excluding steroid dienone is 4. The van der Waals surface area contributed by atoms with Gasteiger partial charge in [-0.2, -0.15) is 4.48 Å². The first-order valence-corrected chi connectivity index (χ1v) is 21.1.